The molecule has 1 amide bonds. The van der Waals surface area contributed by atoms with Crippen LogP contribution in [0.3, 0.4) is 0 Å². The van der Waals surface area contributed by atoms with Crippen molar-refractivity contribution in [1.29, 1.82) is 0 Å². The molecule has 0 spiro atoms. The summed E-state index contributed by atoms with van der Waals surface area (Å²) in [5, 5.41) is 10.4. The number of carbonyl (C=O) groups excluding carboxylic acids is 1. The molecule has 2 aromatic carbocycles. The maximum absolute atomic E-state index is 12.7. The number of hydrogen-bond donors (Lipinski definition) is 1. The number of nitrogens with zero attached hydrogens (tertiary/aromatic N) is 3. The Morgan fingerprint density at radius 2 is 1.60 bits per heavy atom. The zero-order valence-corrected chi connectivity index (χ0v) is 13.8. The van der Waals surface area contributed by atoms with E-state index in [1.54, 1.807) is 18.2 Å². The van der Waals surface area contributed by atoms with Gasteiger partial charge in [0.2, 0.25) is 0 Å². The SMILES string of the molecule is O=C(c1ccc2ccccc2n1)N1CCN(c2ccc(O)cc2)CC1. The van der Waals surface area contributed by atoms with Crippen molar-refractivity contribution in [2.45, 2.75) is 0 Å². The number of aromatic nitrogens is 1. The predicted octanol–water partition coefficient (Wildman–Crippen LogP) is 2.90. The zero-order chi connectivity index (χ0) is 17.2. The highest BCUT2D eigenvalue weighted by Crippen LogP contribution is 2.20. The van der Waals surface area contributed by atoms with Crippen LogP contribution in [0.2, 0.25) is 0 Å². The molecule has 1 saturated heterocycles. The summed E-state index contributed by atoms with van der Waals surface area (Å²) >= 11 is 0. The van der Waals surface area contributed by atoms with Crippen LogP contribution in [-0.4, -0.2) is 47.1 Å². The topological polar surface area (TPSA) is 56.7 Å². The van der Waals surface area contributed by atoms with E-state index in [-0.39, 0.29) is 11.7 Å². The molecule has 3 aromatic rings. The van der Waals surface area contributed by atoms with Gasteiger partial charge < -0.3 is 14.9 Å². The van der Waals surface area contributed by atoms with E-state index in [1.807, 2.05) is 47.4 Å². The van der Waals surface area contributed by atoms with Crippen LogP contribution in [0.4, 0.5) is 5.69 Å². The highest BCUT2D eigenvalue weighted by atomic mass is 16.3. The Kier molecular flexibility index (Phi) is 3.98. The number of para-hydroxylation sites is 1. The first-order chi connectivity index (χ1) is 12.2. The number of piperazine rings is 1. The molecule has 0 radical (unpaired) electrons. The Morgan fingerprint density at radius 1 is 0.880 bits per heavy atom. The summed E-state index contributed by atoms with van der Waals surface area (Å²) < 4.78 is 0. The van der Waals surface area contributed by atoms with Gasteiger partial charge in [0, 0.05) is 37.3 Å². The lowest BCUT2D eigenvalue weighted by molar-refractivity contribution is 0.0741. The van der Waals surface area contributed by atoms with Gasteiger partial charge >= 0.3 is 0 Å². The molecule has 126 valence electrons. The normalized spacial score (nSPS) is 14.7. The molecular weight excluding hydrogens is 314 g/mol. The van der Waals surface area contributed by atoms with Crippen LogP contribution in [0.1, 0.15) is 10.5 Å². The summed E-state index contributed by atoms with van der Waals surface area (Å²) in [5.74, 6) is 0.246. The molecule has 25 heavy (non-hydrogen) atoms. The van der Waals surface area contributed by atoms with Gasteiger partial charge in [-0.1, -0.05) is 24.3 Å². The third-order valence-electron chi connectivity index (χ3n) is 4.60. The van der Waals surface area contributed by atoms with Crippen LogP contribution >= 0.6 is 0 Å². The molecule has 0 saturated carbocycles. The van der Waals surface area contributed by atoms with Crippen LogP contribution in [0, 0.1) is 0 Å². The van der Waals surface area contributed by atoms with Gasteiger partial charge in [-0.15, -0.1) is 0 Å². The quantitative estimate of drug-likeness (QED) is 0.783. The smallest absolute Gasteiger partial charge is 0.272 e. The number of phenolic OH excluding ortho intramolecular Hbond substituents is 1. The third-order valence-corrected chi connectivity index (χ3v) is 4.60. The lowest BCUT2D eigenvalue weighted by Crippen LogP contribution is -2.49. The molecule has 1 aromatic heterocycles. The summed E-state index contributed by atoms with van der Waals surface area (Å²) in [4.78, 5) is 21.3. The van der Waals surface area contributed by atoms with Gasteiger partial charge in [0.05, 0.1) is 5.52 Å². The number of anilines is 1. The van der Waals surface area contributed by atoms with Gasteiger partial charge in [-0.3, -0.25) is 4.79 Å². The Bertz CT molecular complexity index is 900. The van der Waals surface area contributed by atoms with Crippen LogP contribution in [0.15, 0.2) is 60.7 Å². The van der Waals surface area contributed by atoms with E-state index in [2.05, 4.69) is 9.88 Å². The van der Waals surface area contributed by atoms with Crippen molar-refractivity contribution in [2.75, 3.05) is 31.1 Å². The van der Waals surface area contributed by atoms with Crippen molar-refractivity contribution in [3.05, 3.63) is 66.4 Å². The van der Waals surface area contributed by atoms with E-state index in [0.717, 1.165) is 29.7 Å². The van der Waals surface area contributed by atoms with E-state index in [0.29, 0.717) is 18.8 Å². The first-order valence-corrected chi connectivity index (χ1v) is 8.40. The van der Waals surface area contributed by atoms with E-state index in [4.69, 9.17) is 0 Å². The Hall–Kier alpha value is -3.08. The molecule has 1 aliphatic rings. The molecule has 4 rings (SSSR count). The van der Waals surface area contributed by atoms with Gasteiger partial charge in [0.1, 0.15) is 11.4 Å². The van der Waals surface area contributed by atoms with Crippen LogP contribution in [0.25, 0.3) is 10.9 Å². The fraction of sp³-hybridized carbons (Fsp3) is 0.200. The molecule has 2 heterocycles. The highest BCUT2D eigenvalue weighted by molar-refractivity contribution is 5.95. The third kappa shape index (κ3) is 3.13. The van der Waals surface area contributed by atoms with E-state index >= 15 is 0 Å². The number of phenols is 1. The van der Waals surface area contributed by atoms with Crippen molar-refractivity contribution in [1.82, 2.24) is 9.88 Å². The van der Waals surface area contributed by atoms with Crippen molar-refractivity contribution in [2.24, 2.45) is 0 Å². The lowest BCUT2D eigenvalue weighted by atomic mass is 10.2. The zero-order valence-electron chi connectivity index (χ0n) is 13.8. The summed E-state index contributed by atoms with van der Waals surface area (Å²) in [6.07, 6.45) is 0. The van der Waals surface area contributed by atoms with Crippen molar-refractivity contribution >= 4 is 22.5 Å². The van der Waals surface area contributed by atoms with Gasteiger partial charge in [0.15, 0.2) is 0 Å². The first-order valence-electron chi connectivity index (χ1n) is 8.40. The summed E-state index contributed by atoms with van der Waals surface area (Å²) in [7, 11) is 0. The molecule has 5 nitrogen and oxygen atoms in total. The fourth-order valence-corrected chi connectivity index (χ4v) is 3.18. The number of carbonyl (C=O) groups is 1. The summed E-state index contributed by atoms with van der Waals surface area (Å²) in [5.41, 5.74) is 2.40. The molecule has 0 atom stereocenters. The van der Waals surface area contributed by atoms with Crippen LogP contribution in [-0.2, 0) is 0 Å². The standard InChI is InChI=1S/C20H19N3O2/c24-17-8-6-16(7-9-17)22-11-13-23(14-12-22)20(25)19-10-5-15-3-1-2-4-18(15)21-19/h1-10,24H,11-14H2. The second-order valence-corrected chi connectivity index (χ2v) is 6.18. The summed E-state index contributed by atoms with van der Waals surface area (Å²) in [6, 6.07) is 18.7. The fourth-order valence-electron chi connectivity index (χ4n) is 3.18. The molecule has 0 bridgehead atoms. The Labute approximate surface area is 146 Å². The van der Waals surface area contributed by atoms with Crippen molar-refractivity contribution in [3.8, 4) is 5.75 Å². The van der Waals surface area contributed by atoms with Gasteiger partial charge in [-0.05, 0) is 36.4 Å². The molecule has 0 aliphatic carbocycles. The average Bonchev–Trinajstić information content (AvgIpc) is 2.68. The number of hydrogen-bond acceptors (Lipinski definition) is 4. The number of fused-ring (bicyclic) bond motifs is 1. The first kappa shape index (κ1) is 15.4. The maximum Gasteiger partial charge on any atom is 0.272 e. The molecule has 1 aliphatic heterocycles. The van der Waals surface area contributed by atoms with Crippen molar-refractivity contribution < 1.29 is 9.90 Å². The molecule has 0 unspecified atom stereocenters. The van der Waals surface area contributed by atoms with Gasteiger partial charge in [0.25, 0.3) is 5.91 Å². The number of amides is 1. The predicted molar refractivity (Wildman–Crippen MR) is 98.0 cm³/mol. The minimum absolute atomic E-state index is 0.0175. The number of aromatic hydroxyl groups is 1. The molecule has 5 heteroatoms. The number of rotatable bonds is 2. The largest absolute Gasteiger partial charge is 0.508 e. The maximum atomic E-state index is 12.7. The molecule has 1 fully saturated rings. The van der Waals surface area contributed by atoms with Gasteiger partial charge in [-0.25, -0.2) is 4.98 Å². The van der Waals surface area contributed by atoms with E-state index in [1.165, 1.54) is 0 Å². The second-order valence-electron chi connectivity index (χ2n) is 6.18. The van der Waals surface area contributed by atoms with Crippen LogP contribution < -0.4 is 4.90 Å². The van der Waals surface area contributed by atoms with Crippen LogP contribution in [0.5, 0.6) is 5.75 Å². The number of pyridine rings is 1. The second kappa shape index (κ2) is 6.43. The Balaban J connectivity index is 1.46. The highest BCUT2D eigenvalue weighted by Gasteiger charge is 2.23. The Morgan fingerprint density at radius 3 is 2.36 bits per heavy atom. The average molecular weight is 333 g/mol. The monoisotopic (exact) mass is 333 g/mol. The number of benzene rings is 2. The summed E-state index contributed by atoms with van der Waals surface area (Å²) in [6.45, 7) is 2.86. The van der Waals surface area contributed by atoms with E-state index < -0.39 is 0 Å². The van der Waals surface area contributed by atoms with Crippen molar-refractivity contribution in [3.63, 3.8) is 0 Å². The molecule has 1 N–H and O–H groups in total. The molecular formula is C20H19N3O2. The minimum atomic E-state index is -0.0175. The van der Waals surface area contributed by atoms with Gasteiger partial charge in [-0.2, -0.15) is 0 Å². The van der Waals surface area contributed by atoms with E-state index in [9.17, 15) is 9.90 Å². The lowest BCUT2D eigenvalue weighted by Gasteiger charge is -2.36. The minimum Gasteiger partial charge on any atom is -0.508 e.